The minimum Gasteiger partial charge on any atom is -0.506 e. The van der Waals surface area contributed by atoms with Crippen LogP contribution in [0, 0.1) is 11.3 Å². The molecule has 17 heavy (non-hydrogen) atoms. The normalized spacial score (nSPS) is 9.65. The van der Waals surface area contributed by atoms with Crippen LogP contribution in [0.15, 0.2) is 17.1 Å². The largest absolute Gasteiger partial charge is 0.506 e. The smallest absolute Gasteiger partial charge is 0.270 e. The molecule has 0 spiro atoms. The fraction of sp³-hybridized carbons (Fsp3) is 0.182. The van der Waals surface area contributed by atoms with Crippen LogP contribution in [-0.2, 0) is 6.42 Å². The zero-order chi connectivity index (χ0) is 11.7. The van der Waals surface area contributed by atoms with Gasteiger partial charge in [0.2, 0.25) is 0 Å². The fourth-order valence-electron chi connectivity index (χ4n) is 1.52. The summed E-state index contributed by atoms with van der Waals surface area (Å²) >= 11 is 0. The number of H-pyrrole nitrogens is 1. The van der Waals surface area contributed by atoms with Crippen LogP contribution in [0.4, 0.5) is 0 Å². The van der Waals surface area contributed by atoms with Crippen molar-refractivity contribution in [3.8, 4) is 11.8 Å². The van der Waals surface area contributed by atoms with Crippen LogP contribution in [0.3, 0.4) is 0 Å². The van der Waals surface area contributed by atoms with Crippen molar-refractivity contribution >= 4 is 62.3 Å². The van der Waals surface area contributed by atoms with Crippen LogP contribution in [0.5, 0.6) is 5.75 Å². The molecule has 0 aromatic carbocycles. The summed E-state index contributed by atoms with van der Waals surface area (Å²) in [5.41, 5.74) is 0.358. The van der Waals surface area contributed by atoms with Gasteiger partial charge in [-0.15, -0.1) is 0 Å². The van der Waals surface area contributed by atoms with Crippen molar-refractivity contribution in [2.24, 2.45) is 0 Å². The topological polar surface area (TPSA) is 89.8 Å². The molecule has 2 aromatic rings. The molecule has 2 heterocycles. The number of aromatic hydroxyl groups is 1. The van der Waals surface area contributed by atoms with Gasteiger partial charge in [-0.1, -0.05) is 6.92 Å². The Hall–Kier alpha value is -0.714. The minimum absolute atomic E-state index is 0. The molecule has 2 rings (SSSR count). The van der Waals surface area contributed by atoms with Gasteiger partial charge in [0, 0.05) is 62.5 Å². The average Bonchev–Trinajstić information content (AvgIpc) is 2.29. The van der Waals surface area contributed by atoms with Crippen LogP contribution in [0.2, 0.25) is 0 Å². The Labute approximate surface area is 140 Å². The van der Waals surface area contributed by atoms with Gasteiger partial charge >= 0.3 is 0 Å². The van der Waals surface area contributed by atoms with Gasteiger partial charge in [0.25, 0.3) is 5.56 Å². The molecule has 81 valence electrons. The maximum absolute atomic E-state index is 11.4. The molecule has 0 aliphatic carbocycles. The Morgan fingerprint density at radius 1 is 1.59 bits per heavy atom. The molecule has 0 aliphatic rings. The molecule has 0 atom stereocenters. The van der Waals surface area contributed by atoms with Gasteiger partial charge in [0.05, 0.1) is 11.7 Å². The summed E-state index contributed by atoms with van der Waals surface area (Å²) in [5, 5.41) is 19.0. The second kappa shape index (κ2) is 5.75. The van der Waals surface area contributed by atoms with Crippen LogP contribution in [-0.4, -0.2) is 66.5 Å². The molecule has 2 N–H and O–H groups in total. The standard InChI is InChI=1S/C11H9N3O2.K/c1-2-6-3-7-9(5-13-6)14-11(16)8(4-12)10(7)15;/h3,5H,2H2,1H3,(H2,14,15,16);. The van der Waals surface area contributed by atoms with E-state index in [1.54, 1.807) is 12.1 Å². The Kier molecular flexibility index (Phi) is 4.86. The molecule has 1 radical (unpaired) electrons. The van der Waals surface area contributed by atoms with Crippen LogP contribution < -0.4 is 5.56 Å². The van der Waals surface area contributed by atoms with Crippen molar-refractivity contribution < 1.29 is 5.11 Å². The molecule has 0 saturated carbocycles. The van der Waals surface area contributed by atoms with E-state index < -0.39 is 5.56 Å². The SMILES string of the molecule is CCc1cc2c(O)c(C#N)c(=O)[nH]c2cn1.[K]. The summed E-state index contributed by atoms with van der Waals surface area (Å²) in [7, 11) is 0. The number of fused-ring (bicyclic) bond motifs is 1. The number of nitrogens with one attached hydrogen (secondary N) is 1. The van der Waals surface area contributed by atoms with Crippen molar-refractivity contribution in [1.82, 2.24) is 9.97 Å². The number of aromatic nitrogens is 2. The average molecular weight is 254 g/mol. The summed E-state index contributed by atoms with van der Waals surface area (Å²) in [6.45, 7) is 1.93. The van der Waals surface area contributed by atoms with Crippen LogP contribution in [0.25, 0.3) is 10.9 Å². The molecular weight excluding hydrogens is 245 g/mol. The maximum Gasteiger partial charge on any atom is 0.270 e. The van der Waals surface area contributed by atoms with Gasteiger partial charge in [0.15, 0.2) is 5.56 Å². The number of hydrogen-bond donors (Lipinski definition) is 2. The van der Waals surface area contributed by atoms with E-state index in [1.165, 1.54) is 6.20 Å². The van der Waals surface area contributed by atoms with E-state index in [0.29, 0.717) is 10.9 Å². The van der Waals surface area contributed by atoms with Gasteiger partial charge in [-0.25, -0.2) is 0 Å². The number of nitrogens with zero attached hydrogens (tertiary/aromatic N) is 2. The summed E-state index contributed by atoms with van der Waals surface area (Å²) in [4.78, 5) is 18.0. The minimum atomic E-state index is -0.599. The number of nitriles is 1. The van der Waals surface area contributed by atoms with E-state index in [9.17, 15) is 9.90 Å². The summed E-state index contributed by atoms with van der Waals surface area (Å²) in [6.07, 6.45) is 2.20. The van der Waals surface area contributed by atoms with E-state index in [0.717, 1.165) is 12.1 Å². The molecule has 5 nitrogen and oxygen atoms in total. The number of pyridine rings is 2. The fourth-order valence-corrected chi connectivity index (χ4v) is 1.52. The van der Waals surface area contributed by atoms with Crippen molar-refractivity contribution in [2.45, 2.75) is 13.3 Å². The van der Waals surface area contributed by atoms with Crippen molar-refractivity contribution in [2.75, 3.05) is 0 Å². The van der Waals surface area contributed by atoms with Gasteiger partial charge in [-0.2, -0.15) is 5.26 Å². The van der Waals surface area contributed by atoms with E-state index in [-0.39, 0.29) is 62.7 Å². The zero-order valence-corrected chi connectivity index (χ0v) is 12.7. The Balaban J connectivity index is 0.00000144. The number of rotatable bonds is 1. The summed E-state index contributed by atoms with van der Waals surface area (Å²) in [6, 6.07) is 3.35. The van der Waals surface area contributed by atoms with Gasteiger partial charge in [-0.05, 0) is 12.5 Å². The first-order valence-corrected chi connectivity index (χ1v) is 4.81. The molecule has 2 aromatic heterocycles. The van der Waals surface area contributed by atoms with Crippen molar-refractivity contribution in [1.29, 1.82) is 5.26 Å². The number of hydrogen-bond acceptors (Lipinski definition) is 4. The third-order valence-electron chi connectivity index (χ3n) is 2.40. The monoisotopic (exact) mass is 254 g/mol. The number of aryl methyl sites for hydroxylation is 1. The zero-order valence-electron chi connectivity index (χ0n) is 9.61. The molecule has 0 bridgehead atoms. The first-order chi connectivity index (χ1) is 7.67. The second-order valence-electron chi connectivity index (χ2n) is 3.36. The summed E-state index contributed by atoms with van der Waals surface area (Å²) in [5.74, 6) is -0.279. The first kappa shape index (κ1) is 14.3. The third-order valence-corrected chi connectivity index (χ3v) is 2.40. The Morgan fingerprint density at radius 3 is 2.88 bits per heavy atom. The predicted octanol–water partition coefficient (Wildman–Crippen LogP) is 0.682. The molecule has 6 heteroatoms. The maximum atomic E-state index is 11.4. The van der Waals surface area contributed by atoms with Gasteiger partial charge in [0.1, 0.15) is 11.8 Å². The summed E-state index contributed by atoms with van der Waals surface area (Å²) < 4.78 is 0. The van der Waals surface area contributed by atoms with Gasteiger partial charge < -0.3 is 10.1 Å². The molecular formula is C11H9KN3O2. The molecule has 0 saturated heterocycles. The van der Waals surface area contributed by atoms with Gasteiger partial charge in [-0.3, -0.25) is 9.78 Å². The van der Waals surface area contributed by atoms with E-state index in [2.05, 4.69) is 9.97 Å². The Bertz CT molecular complexity index is 658. The van der Waals surface area contributed by atoms with Crippen LogP contribution in [0.1, 0.15) is 18.2 Å². The molecule has 0 amide bonds. The third kappa shape index (κ3) is 2.59. The van der Waals surface area contributed by atoms with Crippen LogP contribution >= 0.6 is 0 Å². The molecule has 0 aliphatic heterocycles. The quantitative estimate of drug-likeness (QED) is 0.732. The molecule has 0 unspecified atom stereocenters. The van der Waals surface area contributed by atoms with Crippen molar-refractivity contribution in [3.05, 3.63) is 33.9 Å². The Morgan fingerprint density at radius 2 is 2.29 bits per heavy atom. The van der Waals surface area contributed by atoms with E-state index in [1.807, 2.05) is 6.92 Å². The van der Waals surface area contributed by atoms with E-state index >= 15 is 0 Å². The first-order valence-electron chi connectivity index (χ1n) is 4.81. The van der Waals surface area contributed by atoms with E-state index in [4.69, 9.17) is 5.26 Å². The van der Waals surface area contributed by atoms with Crippen molar-refractivity contribution in [3.63, 3.8) is 0 Å². The molecule has 0 fully saturated rings. The number of aromatic amines is 1. The predicted molar refractivity (Wildman–Crippen MR) is 63.9 cm³/mol. The second-order valence-corrected chi connectivity index (χ2v) is 3.36.